The molecule has 4 nitrogen and oxygen atoms in total. The van der Waals surface area contributed by atoms with E-state index in [9.17, 15) is 13.2 Å². The summed E-state index contributed by atoms with van der Waals surface area (Å²) in [4.78, 5) is 8.90. The van der Waals surface area contributed by atoms with Crippen molar-refractivity contribution in [3.05, 3.63) is 11.9 Å². The largest absolute Gasteiger partial charge is 0.451 e. The van der Waals surface area contributed by atoms with E-state index in [2.05, 4.69) is 15.3 Å². The van der Waals surface area contributed by atoms with Gasteiger partial charge < -0.3 is 10.2 Å². The average molecular weight is 290 g/mol. The van der Waals surface area contributed by atoms with E-state index in [0.29, 0.717) is 6.54 Å². The zero-order valence-corrected chi connectivity index (χ0v) is 12.5. The second-order valence-corrected chi connectivity index (χ2v) is 5.19. The molecule has 1 aromatic rings. The molecule has 0 saturated heterocycles. The Morgan fingerprint density at radius 1 is 1.20 bits per heavy atom. The molecular weight excluding hydrogens is 269 g/mol. The van der Waals surface area contributed by atoms with Gasteiger partial charge in [-0.15, -0.1) is 0 Å². The van der Waals surface area contributed by atoms with Crippen LogP contribution in [0.3, 0.4) is 0 Å². The van der Waals surface area contributed by atoms with Crippen molar-refractivity contribution in [1.29, 1.82) is 0 Å². The molecule has 114 valence electrons. The summed E-state index contributed by atoms with van der Waals surface area (Å²) in [6, 6.07) is 1.54. The lowest BCUT2D eigenvalue weighted by Gasteiger charge is -2.36. The first-order valence-electron chi connectivity index (χ1n) is 6.55. The fraction of sp³-hybridized carbons (Fsp3) is 0.692. The zero-order chi connectivity index (χ0) is 15.6. The van der Waals surface area contributed by atoms with E-state index in [0.717, 1.165) is 6.42 Å². The molecule has 1 aromatic heterocycles. The van der Waals surface area contributed by atoms with Gasteiger partial charge in [0.2, 0.25) is 5.82 Å². The minimum Gasteiger partial charge on any atom is -0.370 e. The molecule has 0 fully saturated rings. The maximum atomic E-state index is 12.9. The van der Waals surface area contributed by atoms with Gasteiger partial charge in [0.1, 0.15) is 11.6 Å². The number of nitrogens with one attached hydrogen (secondary N) is 1. The van der Waals surface area contributed by atoms with Crippen LogP contribution in [0.2, 0.25) is 0 Å². The Hall–Kier alpha value is -1.53. The van der Waals surface area contributed by atoms with E-state index >= 15 is 0 Å². The van der Waals surface area contributed by atoms with Crippen LogP contribution in [0.5, 0.6) is 0 Å². The number of rotatable bonds is 5. The molecule has 0 unspecified atom stereocenters. The number of halogens is 3. The highest BCUT2D eigenvalue weighted by atomic mass is 19.4. The first-order valence-corrected chi connectivity index (χ1v) is 6.55. The lowest BCUT2D eigenvalue weighted by atomic mass is 10.00. The quantitative estimate of drug-likeness (QED) is 0.900. The number of anilines is 2. The van der Waals surface area contributed by atoms with Crippen molar-refractivity contribution in [3.63, 3.8) is 0 Å². The van der Waals surface area contributed by atoms with Crippen LogP contribution in [0.15, 0.2) is 6.07 Å². The van der Waals surface area contributed by atoms with E-state index in [4.69, 9.17) is 0 Å². The van der Waals surface area contributed by atoms with Crippen molar-refractivity contribution in [3.8, 4) is 0 Å². The van der Waals surface area contributed by atoms with Crippen LogP contribution in [0, 0.1) is 0 Å². The molecule has 1 rings (SSSR count). The number of aromatic nitrogens is 2. The average Bonchev–Trinajstić information content (AvgIpc) is 2.36. The van der Waals surface area contributed by atoms with Gasteiger partial charge in [0.15, 0.2) is 0 Å². The van der Waals surface area contributed by atoms with E-state index in [1.807, 2.05) is 20.8 Å². The predicted molar refractivity (Wildman–Crippen MR) is 74.0 cm³/mol. The highest BCUT2D eigenvalue weighted by Gasteiger charge is 2.36. The maximum absolute atomic E-state index is 12.9. The summed E-state index contributed by atoms with van der Waals surface area (Å²) in [6.45, 7) is 8.18. The molecule has 0 aliphatic carbocycles. The third kappa shape index (κ3) is 3.74. The van der Waals surface area contributed by atoms with Crippen molar-refractivity contribution in [2.75, 3.05) is 23.8 Å². The molecule has 0 aromatic carbocycles. The van der Waals surface area contributed by atoms with Gasteiger partial charge in [0.05, 0.1) is 0 Å². The van der Waals surface area contributed by atoms with Gasteiger partial charge in [-0.05, 0) is 27.2 Å². The van der Waals surface area contributed by atoms with Crippen LogP contribution in [0.25, 0.3) is 0 Å². The zero-order valence-electron chi connectivity index (χ0n) is 12.5. The maximum Gasteiger partial charge on any atom is 0.451 e. The van der Waals surface area contributed by atoms with Crippen LogP contribution in [0.1, 0.15) is 39.9 Å². The smallest absolute Gasteiger partial charge is 0.370 e. The van der Waals surface area contributed by atoms with Crippen LogP contribution in [-0.2, 0) is 6.18 Å². The Morgan fingerprint density at radius 2 is 1.80 bits per heavy atom. The highest BCUT2D eigenvalue weighted by Crippen LogP contribution is 2.31. The summed E-state index contributed by atoms with van der Waals surface area (Å²) < 4.78 is 38.6. The van der Waals surface area contributed by atoms with Crippen LogP contribution >= 0.6 is 0 Å². The SMILES string of the molecule is CCNc1cc(N(C)C(C)(C)CC)nc(C(F)(F)F)n1. The molecule has 0 amide bonds. The summed E-state index contributed by atoms with van der Waals surface area (Å²) in [5.41, 5.74) is -0.291. The summed E-state index contributed by atoms with van der Waals surface area (Å²) in [6.07, 6.45) is -3.78. The number of hydrogen-bond acceptors (Lipinski definition) is 4. The molecule has 0 saturated carbocycles. The molecule has 0 radical (unpaired) electrons. The minimum absolute atomic E-state index is 0.184. The van der Waals surface area contributed by atoms with Gasteiger partial charge in [-0.3, -0.25) is 0 Å². The predicted octanol–water partition coefficient (Wildman–Crippen LogP) is 3.55. The van der Waals surface area contributed by atoms with Gasteiger partial charge in [-0.2, -0.15) is 13.2 Å². The van der Waals surface area contributed by atoms with Crippen molar-refractivity contribution in [1.82, 2.24) is 9.97 Å². The first kappa shape index (κ1) is 16.5. The van der Waals surface area contributed by atoms with Crippen LogP contribution in [-0.4, -0.2) is 29.1 Å². The highest BCUT2D eigenvalue weighted by molar-refractivity contribution is 5.50. The Morgan fingerprint density at radius 3 is 2.25 bits per heavy atom. The lowest BCUT2D eigenvalue weighted by molar-refractivity contribution is -0.144. The van der Waals surface area contributed by atoms with Crippen LogP contribution < -0.4 is 10.2 Å². The molecule has 0 aliphatic rings. The van der Waals surface area contributed by atoms with Gasteiger partial charge in [-0.25, -0.2) is 9.97 Å². The van der Waals surface area contributed by atoms with E-state index in [1.165, 1.54) is 6.07 Å². The summed E-state index contributed by atoms with van der Waals surface area (Å²) in [7, 11) is 1.74. The fourth-order valence-corrected chi connectivity index (χ4v) is 1.55. The number of hydrogen-bond donors (Lipinski definition) is 1. The number of nitrogens with zero attached hydrogens (tertiary/aromatic N) is 3. The molecule has 0 spiro atoms. The van der Waals surface area contributed by atoms with E-state index in [-0.39, 0.29) is 17.2 Å². The molecular formula is C13H21F3N4. The summed E-state index contributed by atoms with van der Waals surface area (Å²) in [5.74, 6) is -0.677. The fourth-order valence-electron chi connectivity index (χ4n) is 1.55. The second-order valence-electron chi connectivity index (χ2n) is 5.19. The molecule has 0 atom stereocenters. The molecule has 7 heteroatoms. The molecule has 1 heterocycles. The van der Waals surface area contributed by atoms with Crippen molar-refractivity contribution in [2.45, 2.75) is 45.8 Å². The van der Waals surface area contributed by atoms with E-state index in [1.54, 1.807) is 18.9 Å². The van der Waals surface area contributed by atoms with E-state index < -0.39 is 12.0 Å². The topological polar surface area (TPSA) is 41.0 Å². The van der Waals surface area contributed by atoms with Crippen molar-refractivity contribution < 1.29 is 13.2 Å². The molecule has 0 bridgehead atoms. The normalized spacial score (nSPS) is 12.4. The van der Waals surface area contributed by atoms with Gasteiger partial charge >= 0.3 is 6.18 Å². The Balaban J connectivity index is 3.28. The summed E-state index contributed by atoms with van der Waals surface area (Å²) >= 11 is 0. The third-order valence-electron chi connectivity index (χ3n) is 3.44. The number of alkyl halides is 3. The Kier molecular flexibility index (Phi) is 4.83. The standard InChI is InChI=1S/C13H21F3N4/c1-6-12(3,4)20(5)10-8-9(17-7-2)18-11(19-10)13(14,15)16/h8H,6-7H2,1-5H3,(H,17,18,19). The summed E-state index contributed by atoms with van der Waals surface area (Å²) in [5, 5.41) is 2.81. The van der Waals surface area contributed by atoms with Gasteiger partial charge in [0, 0.05) is 25.2 Å². The van der Waals surface area contributed by atoms with Gasteiger partial charge in [-0.1, -0.05) is 6.92 Å². The third-order valence-corrected chi connectivity index (χ3v) is 3.44. The minimum atomic E-state index is -4.56. The van der Waals surface area contributed by atoms with Crippen LogP contribution in [0.4, 0.5) is 24.8 Å². The Bertz CT molecular complexity index is 457. The lowest BCUT2D eigenvalue weighted by Crippen LogP contribution is -2.41. The first-order chi connectivity index (χ1) is 9.11. The molecule has 1 N–H and O–H groups in total. The second kappa shape index (κ2) is 5.85. The monoisotopic (exact) mass is 290 g/mol. The molecule has 0 aliphatic heterocycles. The molecule has 20 heavy (non-hydrogen) atoms. The van der Waals surface area contributed by atoms with Crippen molar-refractivity contribution in [2.24, 2.45) is 0 Å². The van der Waals surface area contributed by atoms with Crippen molar-refractivity contribution >= 4 is 11.6 Å². The van der Waals surface area contributed by atoms with Gasteiger partial charge in [0.25, 0.3) is 0 Å². The Labute approximate surface area is 117 Å².